The zero-order valence-corrected chi connectivity index (χ0v) is 42.7. The van der Waals surface area contributed by atoms with Gasteiger partial charge in [0.1, 0.15) is 62.4 Å². The number of nitrogens with two attached hydrogens (primary N) is 2. The van der Waals surface area contributed by atoms with Crippen LogP contribution in [0.2, 0.25) is 0 Å². The topological polar surface area (TPSA) is 478 Å². The maximum absolute atomic E-state index is 13.3. The number of esters is 2. The Balaban J connectivity index is 0.00000152. The predicted octanol–water partition coefficient (Wildman–Crippen LogP) is 2.72. The number of nitrogens with one attached hydrogen (secondary N) is 4. The van der Waals surface area contributed by atoms with Crippen LogP contribution in [0.25, 0.3) is 0 Å². The van der Waals surface area contributed by atoms with Crippen molar-refractivity contribution in [2.24, 2.45) is 11.5 Å². The van der Waals surface area contributed by atoms with Crippen molar-refractivity contribution >= 4 is 82.9 Å². The van der Waals surface area contributed by atoms with Gasteiger partial charge in [-0.2, -0.15) is 26.3 Å². The summed E-state index contributed by atoms with van der Waals surface area (Å²) in [6.07, 6.45) is -10.2. The lowest BCUT2D eigenvalue weighted by Gasteiger charge is -2.19. The highest BCUT2D eigenvalue weighted by Gasteiger charge is 2.39. The van der Waals surface area contributed by atoms with Gasteiger partial charge in [0.2, 0.25) is 0 Å². The van der Waals surface area contributed by atoms with Crippen LogP contribution in [-0.2, 0) is 38.2 Å². The Labute approximate surface area is 466 Å². The summed E-state index contributed by atoms with van der Waals surface area (Å²) in [6, 6.07) is 18.5. The van der Waals surface area contributed by atoms with E-state index in [4.69, 9.17) is 70.5 Å². The van der Waals surface area contributed by atoms with Crippen LogP contribution in [0.1, 0.15) is 41.4 Å². The summed E-state index contributed by atoms with van der Waals surface area (Å²) in [5.41, 5.74) is 11.1. The van der Waals surface area contributed by atoms with Gasteiger partial charge in [-0.1, -0.05) is 0 Å². The number of rotatable bonds is 27. The molecule has 0 heterocycles. The maximum atomic E-state index is 13.3. The van der Waals surface area contributed by atoms with Crippen LogP contribution < -0.4 is 41.0 Å². The fourth-order valence-electron chi connectivity index (χ4n) is 5.87. The van der Waals surface area contributed by atoms with E-state index in [1.165, 1.54) is 72.8 Å². The molecule has 4 rings (SSSR count). The van der Waals surface area contributed by atoms with Crippen LogP contribution in [-0.4, -0.2) is 190 Å². The quantitative estimate of drug-likeness (QED) is 0.0102. The number of alkyl halides is 6. The molecule has 0 aliphatic rings. The number of carbonyl (C=O) groups excluding carboxylic acids is 4. The first kappa shape index (κ1) is 69.3. The Morgan fingerprint density at radius 1 is 0.429 bits per heavy atom. The maximum Gasteiger partial charge on any atom is 0.490 e. The first-order valence-corrected chi connectivity index (χ1v) is 22.8. The molecule has 2 amide bonds. The van der Waals surface area contributed by atoms with Gasteiger partial charge in [-0.15, -0.1) is 0 Å². The number of anilines is 2. The molecule has 0 bridgehead atoms. The third-order valence-corrected chi connectivity index (χ3v) is 9.20. The lowest BCUT2D eigenvalue weighted by molar-refractivity contribution is -0.193. The second-order valence-electron chi connectivity index (χ2n) is 15.8. The number of carboxylic acid groups (broad SMARTS) is 6. The third kappa shape index (κ3) is 26.9. The zero-order valence-electron chi connectivity index (χ0n) is 42.7. The fraction of sp³-hybridized carbons (Fsp3) is 0.250. The number of hydrogen-bond acceptors (Lipinski definition) is 18. The van der Waals surface area contributed by atoms with E-state index >= 15 is 0 Å². The molecular weight excluding hydrogens is 1150 g/mol. The number of halogens is 6. The van der Waals surface area contributed by atoms with Crippen molar-refractivity contribution < 1.29 is 133 Å². The van der Waals surface area contributed by atoms with Crippen LogP contribution in [0.5, 0.6) is 23.0 Å². The van der Waals surface area contributed by atoms with Crippen molar-refractivity contribution in [1.29, 1.82) is 10.8 Å². The molecule has 0 saturated heterocycles. The van der Waals surface area contributed by atoms with Crippen molar-refractivity contribution in [3.63, 3.8) is 0 Å². The summed E-state index contributed by atoms with van der Waals surface area (Å²) < 4.78 is 96.9. The van der Waals surface area contributed by atoms with E-state index in [0.29, 0.717) is 21.2 Å². The van der Waals surface area contributed by atoms with Crippen molar-refractivity contribution in [2.45, 2.75) is 12.4 Å². The highest BCUT2D eigenvalue weighted by atomic mass is 19.4. The Morgan fingerprint density at radius 2 is 0.690 bits per heavy atom. The number of amides is 2. The van der Waals surface area contributed by atoms with Gasteiger partial charge >= 0.3 is 60.1 Å². The highest BCUT2D eigenvalue weighted by molar-refractivity contribution is 6.00. The zero-order chi connectivity index (χ0) is 63.5. The number of benzene rings is 4. The summed E-state index contributed by atoms with van der Waals surface area (Å²) in [5.74, 6) is -16.4. The third-order valence-electron chi connectivity index (χ3n) is 9.20. The van der Waals surface area contributed by atoms with Crippen LogP contribution >= 0.6 is 0 Å². The monoisotopic (exact) mass is 1200 g/mol. The summed E-state index contributed by atoms with van der Waals surface area (Å²) in [6.45, 7) is -4.09. The Kier molecular flexibility index (Phi) is 27.3. The SMILES string of the molecule is N=C(N)Nc1ccc(C(=O)Oc2cc(OCCOCCOCCOc3cc(OC(=O)c4ccc(NC(=N)N)cc4)cc(C(=O)N(CC(=O)O)CC(=O)O)c3)cc(C(=O)N(CC(=O)O)CC(=O)O)c2)cc1.O=C(O)C(F)(F)F.O=C(O)C(F)(F)F. The van der Waals surface area contributed by atoms with Gasteiger partial charge in [0, 0.05) is 34.6 Å². The highest BCUT2D eigenvalue weighted by Crippen LogP contribution is 2.27. The number of nitrogens with zero attached hydrogens (tertiary/aromatic N) is 2. The molecular formula is C48H48F6N8O22. The van der Waals surface area contributed by atoms with Crippen molar-refractivity contribution in [2.75, 3.05) is 76.5 Å². The minimum absolute atomic E-state index is 0.0314. The summed E-state index contributed by atoms with van der Waals surface area (Å²) in [4.78, 5) is 117. The van der Waals surface area contributed by atoms with Gasteiger partial charge < -0.3 is 91.0 Å². The molecule has 14 N–H and O–H groups in total. The van der Waals surface area contributed by atoms with Crippen LogP contribution in [0, 0.1) is 10.8 Å². The molecule has 36 heteroatoms. The smallest absolute Gasteiger partial charge is 0.490 e. The average Bonchev–Trinajstić information content (AvgIpc) is 3.09. The van der Waals surface area contributed by atoms with Gasteiger partial charge in [0.25, 0.3) is 11.8 Å². The molecule has 0 fully saturated rings. The van der Waals surface area contributed by atoms with E-state index in [1.807, 2.05) is 0 Å². The fourth-order valence-corrected chi connectivity index (χ4v) is 5.87. The van der Waals surface area contributed by atoms with E-state index in [1.54, 1.807) is 0 Å². The standard InChI is InChI=1S/C44H46N8O18.2C2HF3O2/c45-43(46)49-29-5-1-25(2-6-29)41(63)69-33-17-27(39(61)51(21-35(53)54)22-36(55)56)15-31(19-33)67-13-11-65-9-10-66-12-14-68-32-16-28(40(62)52(23-37(57)58)24-38(59)60)18-34(20-32)70-42(64)26-3-7-30(8-4-26)50-44(47)48;2*3-2(4,5)1(6)7/h1-8,15-20H,9-14,21-24H2,(H,53,54)(H,55,56)(H,57,58)(H,59,60)(H4,45,46,49)(H4,47,48,50);2*(H,6,7). The number of carboxylic acids is 6. The molecule has 4 aromatic carbocycles. The molecule has 0 radical (unpaired) electrons. The van der Waals surface area contributed by atoms with Crippen molar-refractivity contribution in [1.82, 2.24) is 9.80 Å². The minimum atomic E-state index is -5.08. The number of guanidine groups is 2. The van der Waals surface area contributed by atoms with Gasteiger partial charge in [-0.3, -0.25) is 39.6 Å². The number of aliphatic carboxylic acids is 6. The number of ether oxygens (including phenoxy) is 6. The Bertz CT molecular complexity index is 2800. The lowest BCUT2D eigenvalue weighted by atomic mass is 10.1. The van der Waals surface area contributed by atoms with Gasteiger partial charge in [-0.05, 0) is 72.8 Å². The van der Waals surface area contributed by atoms with E-state index in [-0.39, 0.29) is 96.8 Å². The second-order valence-corrected chi connectivity index (χ2v) is 15.8. The van der Waals surface area contributed by atoms with Crippen LogP contribution in [0.4, 0.5) is 37.7 Å². The first-order valence-electron chi connectivity index (χ1n) is 22.8. The van der Waals surface area contributed by atoms with Gasteiger partial charge in [0.05, 0.1) is 37.6 Å². The molecule has 0 atom stereocenters. The van der Waals surface area contributed by atoms with E-state index in [0.717, 1.165) is 12.1 Å². The summed E-state index contributed by atoms with van der Waals surface area (Å²) in [7, 11) is 0. The average molecular weight is 1200 g/mol. The Morgan fingerprint density at radius 3 is 0.940 bits per heavy atom. The lowest BCUT2D eigenvalue weighted by Crippen LogP contribution is -2.39. The molecule has 0 spiro atoms. The molecule has 0 aliphatic carbocycles. The van der Waals surface area contributed by atoms with E-state index in [2.05, 4.69) is 10.6 Å². The molecule has 4 aromatic rings. The molecule has 0 unspecified atom stereocenters. The van der Waals surface area contributed by atoms with Crippen LogP contribution in [0.15, 0.2) is 84.9 Å². The van der Waals surface area contributed by atoms with Crippen LogP contribution in [0.3, 0.4) is 0 Å². The summed E-state index contributed by atoms with van der Waals surface area (Å²) >= 11 is 0. The van der Waals surface area contributed by atoms with E-state index in [9.17, 15) is 85.1 Å². The number of hydrogen-bond donors (Lipinski definition) is 12. The number of carbonyl (C=O) groups is 10. The van der Waals surface area contributed by atoms with Gasteiger partial charge in [-0.25, -0.2) is 19.2 Å². The minimum Gasteiger partial charge on any atom is -0.491 e. The largest absolute Gasteiger partial charge is 0.491 e. The molecule has 0 aliphatic heterocycles. The molecule has 30 nitrogen and oxygen atoms in total. The second kappa shape index (κ2) is 33.1. The first-order chi connectivity index (χ1) is 39.1. The molecule has 0 saturated carbocycles. The molecule has 84 heavy (non-hydrogen) atoms. The predicted molar refractivity (Wildman–Crippen MR) is 269 cm³/mol. The van der Waals surface area contributed by atoms with E-state index < -0.39 is 98.1 Å². The molecule has 0 aromatic heterocycles. The normalized spacial score (nSPS) is 10.6. The van der Waals surface area contributed by atoms with Gasteiger partial charge in [0.15, 0.2) is 11.9 Å². The van der Waals surface area contributed by atoms with Crippen molar-refractivity contribution in [3.05, 3.63) is 107 Å². The van der Waals surface area contributed by atoms with Crippen molar-refractivity contribution in [3.8, 4) is 23.0 Å². The Hall–Kier alpha value is -10.8. The molecule has 454 valence electrons. The summed E-state index contributed by atoms with van der Waals surface area (Å²) in [5, 5.41) is 71.2.